The van der Waals surface area contributed by atoms with Crippen molar-refractivity contribution in [2.24, 2.45) is 0 Å². The minimum atomic E-state index is -0.0498. The molecule has 0 aliphatic heterocycles. The van der Waals surface area contributed by atoms with Crippen molar-refractivity contribution in [1.82, 2.24) is 14.9 Å². The van der Waals surface area contributed by atoms with Crippen molar-refractivity contribution >= 4 is 54.1 Å². The van der Waals surface area contributed by atoms with Crippen molar-refractivity contribution in [2.75, 3.05) is 38.7 Å². The number of carbonyl (C=O) groups is 1. The Morgan fingerprint density at radius 2 is 1.90 bits per heavy atom. The van der Waals surface area contributed by atoms with E-state index in [1.54, 1.807) is 10.4 Å². The third-order valence-electron chi connectivity index (χ3n) is 4.48. The number of anilines is 1. The number of carbonyl (C=O) groups excluding carboxylic acids is 1. The lowest BCUT2D eigenvalue weighted by Crippen LogP contribution is -2.36. The van der Waals surface area contributed by atoms with Gasteiger partial charge in [0.05, 0.1) is 32.6 Å². The Bertz CT molecular complexity index is 1150. The summed E-state index contributed by atoms with van der Waals surface area (Å²) in [5, 5.41) is 0.699. The maximum atomic E-state index is 13.4. The van der Waals surface area contributed by atoms with E-state index in [4.69, 9.17) is 9.72 Å². The number of hydrogen-bond donors (Lipinski definition) is 0. The van der Waals surface area contributed by atoms with Gasteiger partial charge in [-0.15, -0.1) is 11.3 Å². The zero-order valence-electron chi connectivity index (χ0n) is 16.6. The van der Waals surface area contributed by atoms with Crippen LogP contribution < -0.4 is 9.64 Å². The Labute approximate surface area is 177 Å². The number of hydrogen-bond acceptors (Lipinski definition) is 7. The van der Waals surface area contributed by atoms with Crippen molar-refractivity contribution in [3.8, 4) is 5.75 Å². The second-order valence-corrected chi connectivity index (χ2v) is 8.75. The predicted octanol–water partition coefficient (Wildman–Crippen LogP) is 4.51. The van der Waals surface area contributed by atoms with Crippen LogP contribution in [0.3, 0.4) is 0 Å². The van der Waals surface area contributed by atoms with E-state index in [0.717, 1.165) is 32.7 Å². The number of aromatic nitrogens is 2. The molecule has 0 saturated heterocycles. The molecule has 150 valence electrons. The van der Waals surface area contributed by atoms with Crippen LogP contribution >= 0.6 is 22.7 Å². The third kappa shape index (κ3) is 4.24. The molecule has 0 spiro atoms. The molecule has 0 aliphatic rings. The molecule has 4 rings (SSSR count). The number of ether oxygens (including phenoxy) is 1. The monoisotopic (exact) mass is 426 g/mol. The maximum absolute atomic E-state index is 13.4. The molecule has 0 bridgehead atoms. The number of likely N-dealkylation sites (N-methyl/N-ethyl adjacent to an activating group) is 1. The largest absolute Gasteiger partial charge is 0.494 e. The lowest BCUT2D eigenvalue weighted by molar-refractivity contribution is 0.0985. The fourth-order valence-electron chi connectivity index (χ4n) is 2.99. The van der Waals surface area contributed by atoms with Gasteiger partial charge in [-0.2, -0.15) is 0 Å². The number of amides is 1. The van der Waals surface area contributed by atoms with E-state index < -0.39 is 0 Å². The van der Waals surface area contributed by atoms with E-state index in [1.165, 1.54) is 22.7 Å². The molecule has 0 saturated carbocycles. The van der Waals surface area contributed by atoms with E-state index in [-0.39, 0.29) is 5.91 Å². The summed E-state index contributed by atoms with van der Waals surface area (Å²) in [6.45, 7) is 3.88. The normalized spacial score (nSPS) is 11.4. The highest BCUT2D eigenvalue weighted by molar-refractivity contribution is 7.22. The maximum Gasteiger partial charge on any atom is 0.260 e. The van der Waals surface area contributed by atoms with Gasteiger partial charge in [0.15, 0.2) is 5.13 Å². The Kier molecular flexibility index (Phi) is 5.75. The minimum Gasteiger partial charge on any atom is -0.494 e. The average molecular weight is 427 g/mol. The summed E-state index contributed by atoms with van der Waals surface area (Å²) in [5.74, 6) is 0.767. The van der Waals surface area contributed by atoms with Gasteiger partial charge in [-0.05, 0) is 57.4 Å². The number of thiazole rings is 2. The fourth-order valence-corrected chi connectivity index (χ4v) is 4.73. The number of nitrogens with zero attached hydrogens (tertiary/aromatic N) is 4. The number of benzene rings is 2. The van der Waals surface area contributed by atoms with Crippen LogP contribution in [0.2, 0.25) is 0 Å². The molecular formula is C21H22N4O2S2. The molecule has 4 aromatic rings. The van der Waals surface area contributed by atoms with Crippen molar-refractivity contribution in [1.29, 1.82) is 0 Å². The SMILES string of the molecule is CCOc1ccc2nc(N(CCN(C)C)C(=O)c3ccc4ncsc4c3)sc2c1. The smallest absolute Gasteiger partial charge is 0.260 e. The topological polar surface area (TPSA) is 58.6 Å². The molecule has 0 fully saturated rings. The van der Waals surface area contributed by atoms with Crippen molar-refractivity contribution in [2.45, 2.75) is 6.92 Å². The Hall–Kier alpha value is -2.55. The summed E-state index contributed by atoms with van der Waals surface area (Å²) >= 11 is 3.05. The lowest BCUT2D eigenvalue weighted by Gasteiger charge is -2.22. The standard InChI is InChI=1S/C21H22N4O2S2/c1-4-27-15-6-8-17-19(12-15)29-21(23-17)25(10-9-24(2)3)20(26)14-5-7-16-18(11-14)28-13-22-16/h5-8,11-13H,4,9-10H2,1-3H3. The van der Waals surface area contributed by atoms with Gasteiger partial charge in [-0.3, -0.25) is 9.69 Å². The number of rotatable bonds is 7. The lowest BCUT2D eigenvalue weighted by atomic mass is 10.2. The Morgan fingerprint density at radius 3 is 2.69 bits per heavy atom. The number of fused-ring (bicyclic) bond motifs is 2. The van der Waals surface area contributed by atoms with E-state index in [1.807, 2.05) is 57.4 Å². The highest BCUT2D eigenvalue weighted by Gasteiger charge is 2.22. The molecule has 0 N–H and O–H groups in total. The molecule has 0 atom stereocenters. The van der Waals surface area contributed by atoms with Gasteiger partial charge in [0.1, 0.15) is 5.75 Å². The second-order valence-electron chi connectivity index (χ2n) is 6.85. The summed E-state index contributed by atoms with van der Waals surface area (Å²) in [6.07, 6.45) is 0. The van der Waals surface area contributed by atoms with Gasteiger partial charge in [-0.1, -0.05) is 11.3 Å². The summed E-state index contributed by atoms with van der Waals surface area (Å²) in [5.41, 5.74) is 4.23. The molecular weight excluding hydrogens is 404 g/mol. The van der Waals surface area contributed by atoms with E-state index in [0.29, 0.717) is 23.8 Å². The van der Waals surface area contributed by atoms with Crippen molar-refractivity contribution in [3.63, 3.8) is 0 Å². The summed E-state index contributed by atoms with van der Waals surface area (Å²) in [6, 6.07) is 11.5. The molecule has 1 amide bonds. The van der Waals surface area contributed by atoms with Crippen LogP contribution in [-0.2, 0) is 0 Å². The van der Waals surface area contributed by atoms with Gasteiger partial charge in [0.25, 0.3) is 5.91 Å². The fraction of sp³-hybridized carbons (Fsp3) is 0.286. The van der Waals surface area contributed by atoms with Crippen molar-refractivity contribution in [3.05, 3.63) is 47.5 Å². The van der Waals surface area contributed by atoms with E-state index in [9.17, 15) is 4.79 Å². The van der Waals surface area contributed by atoms with Crippen molar-refractivity contribution < 1.29 is 9.53 Å². The van der Waals surface area contributed by atoms with Crippen LogP contribution in [0.4, 0.5) is 5.13 Å². The molecule has 2 aromatic heterocycles. The van der Waals surface area contributed by atoms with Crippen LogP contribution in [0.15, 0.2) is 41.9 Å². The van der Waals surface area contributed by atoms with Gasteiger partial charge >= 0.3 is 0 Å². The summed E-state index contributed by atoms with van der Waals surface area (Å²) in [7, 11) is 4.00. The third-order valence-corrected chi connectivity index (χ3v) is 6.32. The van der Waals surface area contributed by atoms with Crippen LogP contribution in [0.25, 0.3) is 20.4 Å². The molecule has 2 aromatic carbocycles. The van der Waals surface area contributed by atoms with Crippen LogP contribution in [-0.4, -0.2) is 54.6 Å². The molecule has 2 heterocycles. The molecule has 6 nitrogen and oxygen atoms in total. The average Bonchev–Trinajstić information content (AvgIpc) is 3.33. The van der Waals surface area contributed by atoms with E-state index in [2.05, 4.69) is 9.88 Å². The first-order chi connectivity index (χ1) is 14.0. The first-order valence-electron chi connectivity index (χ1n) is 9.38. The quantitative estimate of drug-likeness (QED) is 0.435. The zero-order valence-corrected chi connectivity index (χ0v) is 18.2. The molecule has 0 radical (unpaired) electrons. The highest BCUT2D eigenvalue weighted by Crippen LogP contribution is 2.32. The second kappa shape index (κ2) is 8.44. The summed E-state index contributed by atoms with van der Waals surface area (Å²) < 4.78 is 7.61. The Balaban J connectivity index is 1.70. The summed E-state index contributed by atoms with van der Waals surface area (Å²) in [4.78, 5) is 26.3. The van der Waals surface area contributed by atoms with Gasteiger partial charge < -0.3 is 9.64 Å². The van der Waals surface area contributed by atoms with E-state index >= 15 is 0 Å². The molecule has 8 heteroatoms. The van der Waals surface area contributed by atoms with Crippen LogP contribution in [0, 0.1) is 0 Å². The first kappa shape index (κ1) is 19.8. The highest BCUT2D eigenvalue weighted by atomic mass is 32.1. The van der Waals surface area contributed by atoms with Gasteiger partial charge in [-0.25, -0.2) is 9.97 Å². The molecule has 29 heavy (non-hydrogen) atoms. The predicted molar refractivity (Wildman–Crippen MR) is 121 cm³/mol. The minimum absolute atomic E-state index is 0.0498. The van der Waals surface area contributed by atoms with Crippen LogP contribution in [0.5, 0.6) is 5.75 Å². The molecule has 0 unspecified atom stereocenters. The zero-order chi connectivity index (χ0) is 20.4. The van der Waals surface area contributed by atoms with Gasteiger partial charge in [0.2, 0.25) is 0 Å². The first-order valence-corrected chi connectivity index (χ1v) is 11.1. The van der Waals surface area contributed by atoms with Gasteiger partial charge in [0, 0.05) is 18.7 Å². The molecule has 0 aliphatic carbocycles. The Morgan fingerprint density at radius 1 is 1.07 bits per heavy atom. The van der Waals surface area contributed by atoms with Crippen LogP contribution in [0.1, 0.15) is 17.3 Å².